The van der Waals surface area contributed by atoms with Crippen LogP contribution in [-0.2, 0) is 11.2 Å². The molecule has 1 saturated heterocycles. The molecule has 5 rings (SSSR count). The molecule has 0 aliphatic carbocycles. The predicted molar refractivity (Wildman–Crippen MR) is 126 cm³/mol. The van der Waals surface area contributed by atoms with Crippen molar-refractivity contribution in [2.45, 2.75) is 26.5 Å². The second-order valence-electron chi connectivity index (χ2n) is 8.19. The molecule has 170 valence electrons. The summed E-state index contributed by atoms with van der Waals surface area (Å²) in [6.07, 6.45) is 0.177. The van der Waals surface area contributed by atoms with E-state index in [1.165, 1.54) is 11.3 Å². The minimum Gasteiger partial charge on any atom is -0.493 e. The molecule has 0 bridgehead atoms. The number of nitrogens with one attached hydrogen (secondary N) is 1. The van der Waals surface area contributed by atoms with Crippen LogP contribution in [0.5, 0.6) is 5.75 Å². The van der Waals surface area contributed by atoms with Crippen molar-refractivity contribution in [3.8, 4) is 16.2 Å². The zero-order valence-electron chi connectivity index (χ0n) is 18.6. The van der Waals surface area contributed by atoms with Gasteiger partial charge >= 0.3 is 0 Å². The molecular formula is C25H25N3O4S. The zero-order valence-corrected chi connectivity index (χ0v) is 19.4. The van der Waals surface area contributed by atoms with Crippen LogP contribution in [0.25, 0.3) is 10.4 Å². The zero-order chi connectivity index (χ0) is 22.9. The summed E-state index contributed by atoms with van der Waals surface area (Å²) in [5.74, 6) is 0.394. The van der Waals surface area contributed by atoms with Crippen LogP contribution in [0.3, 0.4) is 0 Å². The number of thiazole rings is 1. The molecule has 3 aromatic rings. The third-order valence-corrected chi connectivity index (χ3v) is 6.91. The summed E-state index contributed by atoms with van der Waals surface area (Å²) in [5, 5.41) is 3.77. The molecule has 0 saturated carbocycles. The Hall–Kier alpha value is -3.23. The molecule has 1 unspecified atom stereocenters. The van der Waals surface area contributed by atoms with Gasteiger partial charge in [-0.15, -0.1) is 11.3 Å². The van der Waals surface area contributed by atoms with E-state index in [1.807, 2.05) is 44.2 Å². The molecule has 2 aromatic carbocycles. The lowest BCUT2D eigenvalue weighted by molar-refractivity contribution is 0.0276. The first-order chi connectivity index (χ1) is 16.0. The molecule has 1 fully saturated rings. The third kappa shape index (κ3) is 4.24. The smallest absolute Gasteiger partial charge is 0.276 e. The number of amides is 2. The van der Waals surface area contributed by atoms with Gasteiger partial charge < -0.3 is 19.7 Å². The van der Waals surface area contributed by atoms with Crippen molar-refractivity contribution in [1.82, 2.24) is 15.2 Å². The first-order valence-corrected chi connectivity index (χ1v) is 11.8. The van der Waals surface area contributed by atoms with Crippen molar-refractivity contribution in [2.24, 2.45) is 0 Å². The average Bonchev–Trinajstić information content (AvgIpc) is 3.55. The second kappa shape index (κ2) is 8.96. The standard InChI is InChI=1S/C25H25N3O4S/c1-15-5-3-6-17(13-15)23-22(27-16(2)33-23)25(30)28-10-12-32-21(28)14-26-24(29)19-7-4-8-20-18(19)9-11-31-20/h3-8,13,21H,9-12,14H2,1-2H3,(H,26,29). The Morgan fingerprint density at radius 3 is 2.88 bits per heavy atom. The molecule has 33 heavy (non-hydrogen) atoms. The lowest BCUT2D eigenvalue weighted by Gasteiger charge is -2.23. The number of aromatic nitrogens is 1. The highest BCUT2D eigenvalue weighted by Gasteiger charge is 2.34. The quantitative estimate of drug-likeness (QED) is 0.626. The molecule has 0 spiro atoms. The first kappa shape index (κ1) is 21.6. The number of aryl methyl sites for hydroxylation is 2. The SMILES string of the molecule is Cc1cccc(-c2sc(C)nc2C(=O)N2CCOC2CNC(=O)c2cccc3c2CCO3)c1. The molecule has 1 atom stereocenters. The van der Waals surface area contributed by atoms with E-state index < -0.39 is 6.23 Å². The number of hydrogen-bond donors (Lipinski definition) is 1. The van der Waals surface area contributed by atoms with Gasteiger partial charge in [0.25, 0.3) is 11.8 Å². The third-order valence-electron chi connectivity index (χ3n) is 5.89. The molecule has 0 radical (unpaired) electrons. The van der Waals surface area contributed by atoms with Crippen LogP contribution in [0, 0.1) is 13.8 Å². The second-order valence-corrected chi connectivity index (χ2v) is 9.40. The Morgan fingerprint density at radius 1 is 1.18 bits per heavy atom. The molecule has 2 aliphatic heterocycles. The number of ether oxygens (including phenoxy) is 2. The largest absolute Gasteiger partial charge is 0.493 e. The summed E-state index contributed by atoms with van der Waals surface area (Å²) in [6.45, 7) is 5.60. The molecule has 1 N–H and O–H groups in total. The Kier molecular flexibility index (Phi) is 5.86. The van der Waals surface area contributed by atoms with Crippen LogP contribution < -0.4 is 10.1 Å². The molecule has 7 nitrogen and oxygen atoms in total. The number of carbonyl (C=O) groups is 2. The number of carbonyl (C=O) groups excluding carboxylic acids is 2. The van der Waals surface area contributed by atoms with Crippen molar-refractivity contribution < 1.29 is 19.1 Å². The summed E-state index contributed by atoms with van der Waals surface area (Å²) < 4.78 is 11.4. The lowest BCUT2D eigenvalue weighted by Crippen LogP contribution is -2.44. The Morgan fingerprint density at radius 2 is 2.03 bits per heavy atom. The van der Waals surface area contributed by atoms with E-state index in [-0.39, 0.29) is 18.4 Å². The Balaban J connectivity index is 1.32. The number of fused-ring (bicyclic) bond motifs is 1. The highest BCUT2D eigenvalue weighted by Crippen LogP contribution is 2.32. The average molecular weight is 464 g/mol. The lowest BCUT2D eigenvalue weighted by atomic mass is 10.0. The molecule has 2 amide bonds. The van der Waals surface area contributed by atoms with Gasteiger partial charge in [0.1, 0.15) is 17.7 Å². The van der Waals surface area contributed by atoms with Crippen LogP contribution in [-0.4, -0.2) is 54.2 Å². The van der Waals surface area contributed by atoms with E-state index in [1.54, 1.807) is 11.0 Å². The molecule has 3 heterocycles. The maximum atomic E-state index is 13.5. The number of rotatable bonds is 5. The monoisotopic (exact) mass is 463 g/mol. The predicted octanol–water partition coefficient (Wildman–Crippen LogP) is 3.59. The maximum absolute atomic E-state index is 13.5. The van der Waals surface area contributed by atoms with Crippen LogP contribution >= 0.6 is 11.3 Å². The van der Waals surface area contributed by atoms with Crippen LogP contribution in [0.1, 0.15) is 37.0 Å². The fraction of sp³-hybridized carbons (Fsp3) is 0.320. The van der Waals surface area contributed by atoms with Crippen LogP contribution in [0.15, 0.2) is 42.5 Å². The highest BCUT2D eigenvalue weighted by atomic mass is 32.1. The Bertz CT molecular complexity index is 1220. The minimum absolute atomic E-state index is 0.179. The topological polar surface area (TPSA) is 80.8 Å². The van der Waals surface area contributed by atoms with E-state index in [0.717, 1.165) is 32.3 Å². The molecule has 1 aromatic heterocycles. The van der Waals surface area contributed by atoms with Gasteiger partial charge in [0.05, 0.1) is 29.6 Å². The molecule has 8 heteroatoms. The van der Waals surface area contributed by atoms with Crippen molar-refractivity contribution in [1.29, 1.82) is 0 Å². The van der Waals surface area contributed by atoms with Crippen molar-refractivity contribution in [3.05, 3.63) is 69.9 Å². The number of nitrogens with zero attached hydrogens (tertiary/aromatic N) is 2. The van der Waals surface area contributed by atoms with Crippen molar-refractivity contribution >= 4 is 23.2 Å². The molecular weight excluding hydrogens is 438 g/mol. The minimum atomic E-state index is -0.540. The van der Waals surface area contributed by atoms with E-state index in [9.17, 15) is 9.59 Å². The fourth-order valence-electron chi connectivity index (χ4n) is 4.32. The van der Waals surface area contributed by atoms with E-state index in [2.05, 4.69) is 16.4 Å². The summed E-state index contributed by atoms with van der Waals surface area (Å²) >= 11 is 1.51. The molecule has 2 aliphatic rings. The fourth-order valence-corrected chi connectivity index (χ4v) is 5.23. The van der Waals surface area contributed by atoms with Gasteiger partial charge in [0.15, 0.2) is 0 Å². The Labute approximate surface area is 196 Å². The van der Waals surface area contributed by atoms with Gasteiger partial charge in [0.2, 0.25) is 0 Å². The normalized spacial score (nSPS) is 17.0. The summed E-state index contributed by atoms with van der Waals surface area (Å²) in [6, 6.07) is 13.6. The summed E-state index contributed by atoms with van der Waals surface area (Å²) in [7, 11) is 0. The van der Waals surface area contributed by atoms with Gasteiger partial charge in [-0.05, 0) is 31.5 Å². The number of benzene rings is 2. The summed E-state index contributed by atoms with van der Waals surface area (Å²) in [4.78, 5) is 33.4. The van der Waals surface area contributed by atoms with E-state index in [4.69, 9.17) is 9.47 Å². The number of hydrogen-bond acceptors (Lipinski definition) is 6. The van der Waals surface area contributed by atoms with Crippen LogP contribution in [0.2, 0.25) is 0 Å². The van der Waals surface area contributed by atoms with Gasteiger partial charge in [-0.3, -0.25) is 9.59 Å². The highest BCUT2D eigenvalue weighted by molar-refractivity contribution is 7.15. The van der Waals surface area contributed by atoms with Gasteiger partial charge in [-0.25, -0.2) is 4.98 Å². The van der Waals surface area contributed by atoms with Crippen molar-refractivity contribution in [2.75, 3.05) is 26.3 Å². The van der Waals surface area contributed by atoms with Gasteiger partial charge in [-0.1, -0.05) is 35.9 Å². The first-order valence-electron chi connectivity index (χ1n) is 11.0. The van der Waals surface area contributed by atoms with Gasteiger partial charge in [0, 0.05) is 24.1 Å². The van der Waals surface area contributed by atoms with E-state index in [0.29, 0.717) is 37.4 Å². The van der Waals surface area contributed by atoms with Crippen LogP contribution in [0.4, 0.5) is 0 Å². The summed E-state index contributed by atoms with van der Waals surface area (Å²) in [5.41, 5.74) is 4.07. The maximum Gasteiger partial charge on any atom is 0.276 e. The van der Waals surface area contributed by atoms with Crippen molar-refractivity contribution in [3.63, 3.8) is 0 Å². The van der Waals surface area contributed by atoms with Gasteiger partial charge in [-0.2, -0.15) is 0 Å². The van der Waals surface area contributed by atoms with E-state index >= 15 is 0 Å².